The van der Waals surface area contributed by atoms with Gasteiger partial charge in [-0.1, -0.05) is 6.07 Å². The molecular formula is C24H26N4O6. The zero-order chi connectivity index (χ0) is 23.7. The first-order chi connectivity index (χ1) is 16.5. The van der Waals surface area contributed by atoms with Gasteiger partial charge in [-0.2, -0.15) is 0 Å². The summed E-state index contributed by atoms with van der Waals surface area (Å²) in [6, 6.07) is 11.8. The molecule has 0 bridgehead atoms. The van der Waals surface area contributed by atoms with E-state index in [2.05, 4.69) is 10.2 Å². The van der Waals surface area contributed by atoms with Crippen LogP contribution in [0.5, 0.6) is 17.2 Å². The molecule has 1 atom stereocenters. The van der Waals surface area contributed by atoms with Gasteiger partial charge in [0.05, 0.1) is 20.1 Å². The second kappa shape index (κ2) is 9.12. The molecule has 10 heteroatoms. The van der Waals surface area contributed by atoms with Crippen LogP contribution in [-0.4, -0.2) is 73.8 Å². The molecular weight excluding hydrogens is 440 g/mol. The highest BCUT2D eigenvalue weighted by Crippen LogP contribution is 2.33. The molecule has 0 radical (unpaired) electrons. The molecule has 0 spiro atoms. The number of imide groups is 1. The van der Waals surface area contributed by atoms with E-state index in [9.17, 15) is 14.4 Å². The zero-order valence-electron chi connectivity index (χ0n) is 18.9. The lowest BCUT2D eigenvalue weighted by Gasteiger charge is -2.36. The van der Waals surface area contributed by atoms with Crippen molar-refractivity contribution < 1.29 is 28.6 Å². The van der Waals surface area contributed by atoms with Crippen LogP contribution in [0.2, 0.25) is 0 Å². The Morgan fingerprint density at radius 1 is 1.03 bits per heavy atom. The summed E-state index contributed by atoms with van der Waals surface area (Å²) >= 11 is 0. The molecule has 0 aromatic heterocycles. The highest BCUT2D eigenvalue weighted by Gasteiger charge is 2.40. The fourth-order valence-electron chi connectivity index (χ4n) is 4.40. The summed E-state index contributed by atoms with van der Waals surface area (Å²) in [7, 11) is 1.63. The standard InChI is InChI=1S/C24H26N4O6/c1-32-18-5-3-17(4-6-18)26-8-10-27(11-9-26)22(29)13-19-23(30)28(24(31)25-19)14-16-2-7-20-21(12-16)34-15-33-20/h2-7,12,19H,8-11,13-15H2,1H3,(H,25,31). The largest absolute Gasteiger partial charge is 0.497 e. The van der Waals surface area contributed by atoms with Crippen molar-refractivity contribution in [3.05, 3.63) is 48.0 Å². The third kappa shape index (κ3) is 4.30. The quantitative estimate of drug-likeness (QED) is 0.645. The number of rotatable bonds is 6. The van der Waals surface area contributed by atoms with Gasteiger partial charge in [-0.15, -0.1) is 0 Å². The normalized spacial score (nSPS) is 19.4. The van der Waals surface area contributed by atoms with E-state index < -0.39 is 18.0 Å². The van der Waals surface area contributed by atoms with Crippen LogP contribution in [0.15, 0.2) is 42.5 Å². The molecule has 0 aliphatic carbocycles. The lowest BCUT2D eigenvalue weighted by atomic mass is 10.1. The Hall–Kier alpha value is -3.95. The van der Waals surface area contributed by atoms with Crippen molar-refractivity contribution in [3.63, 3.8) is 0 Å². The summed E-state index contributed by atoms with van der Waals surface area (Å²) in [5.41, 5.74) is 1.82. The van der Waals surface area contributed by atoms with Crippen molar-refractivity contribution in [1.82, 2.24) is 15.1 Å². The predicted octanol–water partition coefficient (Wildman–Crippen LogP) is 1.58. The highest BCUT2D eigenvalue weighted by molar-refractivity contribution is 6.05. The monoisotopic (exact) mass is 466 g/mol. The van der Waals surface area contributed by atoms with Gasteiger partial charge < -0.3 is 29.3 Å². The Bertz CT molecular complexity index is 1100. The van der Waals surface area contributed by atoms with Gasteiger partial charge in [0.1, 0.15) is 11.8 Å². The van der Waals surface area contributed by atoms with Gasteiger partial charge >= 0.3 is 6.03 Å². The number of methoxy groups -OCH3 is 1. The van der Waals surface area contributed by atoms with Crippen LogP contribution in [0.1, 0.15) is 12.0 Å². The maximum Gasteiger partial charge on any atom is 0.325 e. The lowest BCUT2D eigenvalue weighted by Crippen LogP contribution is -2.50. The van der Waals surface area contributed by atoms with Gasteiger partial charge in [-0.25, -0.2) is 4.79 Å². The number of hydrogen-bond donors (Lipinski definition) is 1. The third-order valence-electron chi connectivity index (χ3n) is 6.33. The molecule has 3 aliphatic heterocycles. The molecule has 5 rings (SSSR count). The molecule has 0 saturated carbocycles. The number of hydrogen-bond acceptors (Lipinski definition) is 7. The van der Waals surface area contributed by atoms with Crippen LogP contribution < -0.4 is 24.4 Å². The number of benzene rings is 2. The molecule has 10 nitrogen and oxygen atoms in total. The lowest BCUT2D eigenvalue weighted by molar-refractivity contribution is -0.136. The second-order valence-corrected chi connectivity index (χ2v) is 8.38. The van der Waals surface area contributed by atoms with Crippen molar-refractivity contribution in [2.24, 2.45) is 0 Å². The molecule has 2 saturated heterocycles. The van der Waals surface area contributed by atoms with Crippen molar-refractivity contribution in [1.29, 1.82) is 0 Å². The number of anilines is 1. The number of fused-ring (bicyclic) bond motifs is 1. The van der Waals surface area contributed by atoms with E-state index in [-0.39, 0.29) is 25.7 Å². The van der Waals surface area contributed by atoms with Crippen LogP contribution in [0.4, 0.5) is 10.5 Å². The van der Waals surface area contributed by atoms with E-state index >= 15 is 0 Å². The summed E-state index contributed by atoms with van der Waals surface area (Å²) in [5.74, 6) is 1.49. The van der Waals surface area contributed by atoms with Crippen molar-refractivity contribution in [2.45, 2.75) is 19.0 Å². The van der Waals surface area contributed by atoms with Gasteiger partial charge in [0.2, 0.25) is 12.7 Å². The molecule has 3 heterocycles. The van der Waals surface area contributed by atoms with E-state index in [1.165, 1.54) is 0 Å². The topological polar surface area (TPSA) is 101 Å². The fraction of sp³-hybridized carbons (Fsp3) is 0.375. The summed E-state index contributed by atoms with van der Waals surface area (Å²) < 4.78 is 15.9. The molecule has 4 amide bonds. The number of carbonyl (C=O) groups is 3. The number of urea groups is 1. The number of piperazine rings is 1. The van der Waals surface area contributed by atoms with E-state index in [1.807, 2.05) is 24.3 Å². The maximum atomic E-state index is 12.9. The highest BCUT2D eigenvalue weighted by atomic mass is 16.7. The first kappa shape index (κ1) is 21.9. The number of ether oxygens (including phenoxy) is 3. The van der Waals surface area contributed by atoms with E-state index in [0.29, 0.717) is 37.7 Å². The Morgan fingerprint density at radius 2 is 1.76 bits per heavy atom. The molecule has 2 fully saturated rings. The summed E-state index contributed by atoms with van der Waals surface area (Å²) in [4.78, 5) is 43.3. The summed E-state index contributed by atoms with van der Waals surface area (Å²) in [6.07, 6.45) is -0.0508. The molecule has 2 aromatic carbocycles. The third-order valence-corrected chi connectivity index (χ3v) is 6.33. The number of nitrogens with zero attached hydrogens (tertiary/aromatic N) is 3. The fourth-order valence-corrected chi connectivity index (χ4v) is 4.40. The number of nitrogens with one attached hydrogen (secondary N) is 1. The number of carbonyl (C=O) groups excluding carboxylic acids is 3. The Kier molecular flexibility index (Phi) is 5.87. The van der Waals surface area contributed by atoms with E-state index in [1.54, 1.807) is 30.2 Å². The SMILES string of the molecule is COc1ccc(N2CCN(C(=O)CC3NC(=O)N(Cc4ccc5c(c4)OCO5)C3=O)CC2)cc1. The van der Waals surface area contributed by atoms with Gasteiger partial charge in [-0.05, 0) is 42.0 Å². The minimum atomic E-state index is -0.853. The van der Waals surface area contributed by atoms with Crippen molar-refractivity contribution >= 4 is 23.5 Å². The smallest absolute Gasteiger partial charge is 0.325 e. The first-order valence-electron chi connectivity index (χ1n) is 11.2. The van der Waals surface area contributed by atoms with Crippen LogP contribution >= 0.6 is 0 Å². The zero-order valence-corrected chi connectivity index (χ0v) is 18.9. The predicted molar refractivity (Wildman–Crippen MR) is 122 cm³/mol. The van der Waals surface area contributed by atoms with Crippen LogP contribution in [-0.2, 0) is 16.1 Å². The molecule has 2 aromatic rings. The van der Waals surface area contributed by atoms with E-state index in [4.69, 9.17) is 14.2 Å². The number of amides is 4. The maximum absolute atomic E-state index is 12.9. The summed E-state index contributed by atoms with van der Waals surface area (Å²) in [5, 5.41) is 2.65. The van der Waals surface area contributed by atoms with Gasteiger partial charge in [0, 0.05) is 31.9 Å². The Balaban J connectivity index is 1.14. The molecule has 1 N–H and O–H groups in total. The minimum absolute atomic E-state index is 0.0508. The second-order valence-electron chi connectivity index (χ2n) is 8.38. The van der Waals surface area contributed by atoms with Crippen LogP contribution in [0, 0.1) is 0 Å². The van der Waals surface area contributed by atoms with Crippen LogP contribution in [0.3, 0.4) is 0 Å². The average Bonchev–Trinajstić information content (AvgIpc) is 3.44. The van der Waals surface area contributed by atoms with Crippen molar-refractivity contribution in [2.75, 3.05) is 45.0 Å². The summed E-state index contributed by atoms with van der Waals surface area (Å²) in [6.45, 7) is 2.76. The van der Waals surface area contributed by atoms with E-state index in [0.717, 1.165) is 21.9 Å². The Morgan fingerprint density at radius 3 is 2.50 bits per heavy atom. The molecule has 3 aliphatic rings. The Labute approximate surface area is 197 Å². The first-order valence-corrected chi connectivity index (χ1v) is 11.2. The average molecular weight is 466 g/mol. The van der Waals surface area contributed by atoms with Crippen LogP contribution in [0.25, 0.3) is 0 Å². The van der Waals surface area contributed by atoms with Gasteiger partial charge in [-0.3, -0.25) is 14.5 Å². The van der Waals surface area contributed by atoms with Gasteiger partial charge in [0.15, 0.2) is 11.5 Å². The molecule has 178 valence electrons. The van der Waals surface area contributed by atoms with Crippen molar-refractivity contribution in [3.8, 4) is 17.2 Å². The minimum Gasteiger partial charge on any atom is -0.497 e. The van der Waals surface area contributed by atoms with Gasteiger partial charge in [0.25, 0.3) is 5.91 Å². The molecule has 34 heavy (non-hydrogen) atoms. The molecule has 1 unspecified atom stereocenters.